The van der Waals surface area contributed by atoms with Crippen molar-refractivity contribution in [1.82, 2.24) is 10.6 Å². The molecule has 1 aliphatic rings. The highest BCUT2D eigenvalue weighted by Crippen LogP contribution is 2.45. The molecule has 3 aromatic rings. The number of aliphatic hydroxyl groups is 1. The summed E-state index contributed by atoms with van der Waals surface area (Å²) in [6.45, 7) is -6.80. The van der Waals surface area contributed by atoms with Crippen molar-refractivity contribution >= 4 is 34.8 Å². The number of carbonyl (C=O) groups excluding carboxylic acids is 2. The SMILES string of the molecule is [2H]C([2H])([2H])C([2H])([2H])NCc1cc(NC(=O)c2cc(F)cc(C(F)(F)F)c2)c2c(c1N)C(=O)NC2(O)c1cc(F)ccc1Cl. The van der Waals surface area contributed by atoms with Crippen molar-refractivity contribution in [3.05, 3.63) is 92.5 Å². The van der Waals surface area contributed by atoms with Crippen LogP contribution in [0.1, 0.15) is 56.7 Å². The van der Waals surface area contributed by atoms with Crippen molar-refractivity contribution in [2.45, 2.75) is 25.3 Å². The number of halogens is 6. The highest BCUT2D eigenvalue weighted by Gasteiger charge is 2.48. The summed E-state index contributed by atoms with van der Waals surface area (Å²) >= 11 is 6.18. The quantitative estimate of drug-likeness (QED) is 0.225. The minimum absolute atomic E-state index is 0.160. The zero-order valence-corrected chi connectivity index (χ0v) is 19.6. The lowest BCUT2D eigenvalue weighted by atomic mass is 9.90. The molecular weight excluding hydrogens is 535 g/mol. The molecule has 0 bridgehead atoms. The topological polar surface area (TPSA) is 116 Å². The van der Waals surface area contributed by atoms with E-state index in [9.17, 15) is 36.6 Å². The number of rotatable bonds is 6. The maximum atomic E-state index is 14.2. The van der Waals surface area contributed by atoms with Gasteiger partial charge in [0.25, 0.3) is 11.8 Å². The fraction of sp³-hybridized carbons (Fsp3) is 0.200. The van der Waals surface area contributed by atoms with E-state index in [0.717, 1.165) is 24.3 Å². The summed E-state index contributed by atoms with van der Waals surface area (Å²) in [5, 5.41) is 17.9. The molecule has 0 aliphatic carbocycles. The lowest BCUT2D eigenvalue weighted by molar-refractivity contribution is -0.137. The first kappa shape index (κ1) is 21.2. The Bertz CT molecular complexity index is 1650. The molecule has 1 aliphatic heterocycles. The van der Waals surface area contributed by atoms with Crippen LogP contribution in [0.25, 0.3) is 0 Å². The molecule has 0 spiro atoms. The van der Waals surface area contributed by atoms with Gasteiger partial charge in [-0.3, -0.25) is 9.59 Å². The monoisotopic (exact) mass is 559 g/mol. The number of alkyl halides is 3. The number of anilines is 2. The van der Waals surface area contributed by atoms with Gasteiger partial charge in [0.15, 0.2) is 5.72 Å². The zero-order valence-electron chi connectivity index (χ0n) is 23.9. The number of fused-ring (bicyclic) bond motifs is 1. The molecule has 6 N–H and O–H groups in total. The average molecular weight is 560 g/mol. The molecule has 13 heteroatoms. The molecule has 2 amide bonds. The summed E-state index contributed by atoms with van der Waals surface area (Å²) in [7, 11) is 0. The van der Waals surface area contributed by atoms with Gasteiger partial charge in [0.05, 0.1) is 16.8 Å². The Labute approximate surface area is 224 Å². The third-order valence-electron chi connectivity index (χ3n) is 5.76. The van der Waals surface area contributed by atoms with Gasteiger partial charge in [-0.25, -0.2) is 8.78 Å². The second-order valence-electron chi connectivity index (χ2n) is 8.19. The minimum atomic E-state index is -5.02. The smallest absolute Gasteiger partial charge is 0.398 e. The van der Waals surface area contributed by atoms with Crippen molar-refractivity contribution in [2.75, 3.05) is 17.5 Å². The third kappa shape index (κ3) is 4.89. The van der Waals surface area contributed by atoms with Gasteiger partial charge < -0.3 is 26.8 Å². The van der Waals surface area contributed by atoms with Crippen molar-refractivity contribution < 1.29 is 43.5 Å². The van der Waals surface area contributed by atoms with Gasteiger partial charge in [-0.2, -0.15) is 13.2 Å². The van der Waals surface area contributed by atoms with Gasteiger partial charge in [0.1, 0.15) is 11.6 Å². The summed E-state index contributed by atoms with van der Waals surface area (Å²) in [5.74, 6) is -4.74. The van der Waals surface area contributed by atoms with Crippen LogP contribution in [-0.4, -0.2) is 23.4 Å². The molecule has 1 atom stereocenters. The Hall–Kier alpha value is -3.74. The van der Waals surface area contributed by atoms with Crippen molar-refractivity contribution in [1.29, 1.82) is 0 Å². The van der Waals surface area contributed by atoms with Crippen LogP contribution in [0.3, 0.4) is 0 Å². The fourth-order valence-electron chi connectivity index (χ4n) is 4.09. The number of carbonyl (C=O) groups is 2. The maximum Gasteiger partial charge on any atom is 0.416 e. The summed E-state index contributed by atoms with van der Waals surface area (Å²) < 4.78 is 106. The van der Waals surface area contributed by atoms with Crippen LogP contribution in [0.4, 0.5) is 33.3 Å². The predicted octanol–water partition coefficient (Wildman–Crippen LogP) is 4.52. The van der Waals surface area contributed by atoms with E-state index in [2.05, 4.69) is 16.0 Å². The molecule has 4 rings (SSSR count). The second kappa shape index (κ2) is 9.86. The van der Waals surface area contributed by atoms with E-state index in [1.54, 1.807) is 0 Å². The highest BCUT2D eigenvalue weighted by atomic mass is 35.5. The van der Waals surface area contributed by atoms with E-state index in [1.807, 2.05) is 0 Å². The molecule has 0 fully saturated rings. The standard InChI is InChI=1S/C25H20ClF5N4O3/c1-2-33-10-12-7-18(34-22(36)11-5-13(25(29,30)31)8-15(28)6-11)20-19(21(12)32)23(37)35-24(20,38)16-9-14(27)3-4-17(16)26/h3-9,33,38H,2,10,32H2,1H3,(H,34,36)(H,35,37)/i1D3,2D2. The molecule has 1 heterocycles. The van der Waals surface area contributed by atoms with Crippen LogP contribution in [0.5, 0.6) is 0 Å². The van der Waals surface area contributed by atoms with Gasteiger partial charge in [0.2, 0.25) is 0 Å². The van der Waals surface area contributed by atoms with E-state index in [-0.39, 0.29) is 16.7 Å². The van der Waals surface area contributed by atoms with Crippen molar-refractivity contribution in [2.24, 2.45) is 0 Å². The molecule has 0 aromatic heterocycles. The molecule has 0 radical (unpaired) electrons. The van der Waals surface area contributed by atoms with Gasteiger partial charge in [-0.15, -0.1) is 0 Å². The van der Waals surface area contributed by atoms with E-state index in [0.29, 0.717) is 12.1 Å². The summed E-state index contributed by atoms with van der Waals surface area (Å²) in [6, 6.07) is 4.75. The number of nitrogen functional groups attached to an aromatic ring is 1. The number of hydrogen-bond donors (Lipinski definition) is 5. The van der Waals surface area contributed by atoms with Crippen LogP contribution in [0.15, 0.2) is 42.5 Å². The number of nitrogens with two attached hydrogens (primary N) is 1. The van der Waals surface area contributed by atoms with Crippen molar-refractivity contribution in [3.63, 3.8) is 0 Å². The van der Waals surface area contributed by atoms with Crippen LogP contribution in [0.2, 0.25) is 5.02 Å². The number of hydrogen-bond acceptors (Lipinski definition) is 5. The van der Waals surface area contributed by atoms with Gasteiger partial charge >= 0.3 is 6.18 Å². The molecule has 38 heavy (non-hydrogen) atoms. The van der Waals surface area contributed by atoms with Crippen LogP contribution in [0, 0.1) is 11.6 Å². The molecule has 7 nitrogen and oxygen atoms in total. The van der Waals surface area contributed by atoms with E-state index >= 15 is 0 Å². The average Bonchev–Trinajstić information content (AvgIpc) is 3.16. The maximum absolute atomic E-state index is 14.2. The Morgan fingerprint density at radius 2 is 1.95 bits per heavy atom. The first-order valence-corrected chi connectivity index (χ1v) is 10.9. The minimum Gasteiger partial charge on any atom is -0.398 e. The molecule has 0 saturated heterocycles. The molecule has 200 valence electrons. The van der Waals surface area contributed by atoms with Crippen LogP contribution in [-0.2, 0) is 18.4 Å². The summed E-state index contributed by atoms with van der Waals surface area (Å²) in [4.78, 5) is 26.3. The molecule has 1 unspecified atom stereocenters. The molecule has 3 aromatic carbocycles. The normalized spacial score (nSPS) is 19.4. The van der Waals surface area contributed by atoms with Gasteiger partial charge in [-0.1, -0.05) is 18.5 Å². The van der Waals surface area contributed by atoms with Gasteiger partial charge in [-0.05, 0) is 54.5 Å². The lowest BCUT2D eigenvalue weighted by Gasteiger charge is -2.28. The van der Waals surface area contributed by atoms with Crippen LogP contribution >= 0.6 is 11.6 Å². The number of amides is 2. The lowest BCUT2D eigenvalue weighted by Crippen LogP contribution is -2.41. The molecule has 0 saturated carbocycles. The van der Waals surface area contributed by atoms with E-state index in [4.69, 9.17) is 24.2 Å². The Kier molecular flexibility index (Phi) is 5.50. The third-order valence-corrected chi connectivity index (χ3v) is 6.09. The Morgan fingerprint density at radius 1 is 1.21 bits per heavy atom. The Balaban J connectivity index is 1.91. The number of nitrogens with one attached hydrogen (secondary N) is 3. The first-order chi connectivity index (χ1) is 19.7. The highest BCUT2D eigenvalue weighted by molar-refractivity contribution is 6.31. The van der Waals surface area contributed by atoms with Gasteiger partial charge in [0, 0.05) is 40.8 Å². The largest absolute Gasteiger partial charge is 0.416 e. The zero-order chi connectivity index (χ0) is 32.3. The summed E-state index contributed by atoms with van der Waals surface area (Å²) in [5.41, 5.74) is -1.43. The summed E-state index contributed by atoms with van der Waals surface area (Å²) in [6.07, 6.45) is -5.02. The van der Waals surface area contributed by atoms with Crippen LogP contribution < -0.4 is 21.7 Å². The van der Waals surface area contributed by atoms with E-state index < -0.39 is 94.4 Å². The number of benzene rings is 3. The predicted molar refractivity (Wildman–Crippen MR) is 129 cm³/mol. The first-order valence-electron chi connectivity index (χ1n) is 13.1. The Morgan fingerprint density at radius 3 is 2.63 bits per heavy atom. The second-order valence-corrected chi connectivity index (χ2v) is 8.60. The fourth-order valence-corrected chi connectivity index (χ4v) is 4.35. The van der Waals surface area contributed by atoms with E-state index in [1.165, 1.54) is 0 Å². The van der Waals surface area contributed by atoms with Crippen molar-refractivity contribution in [3.8, 4) is 0 Å². The molecular formula is C25H20ClF5N4O3.